The van der Waals surface area contributed by atoms with E-state index in [1.54, 1.807) is 25.2 Å². The normalized spacial score (nSPS) is 12.6. The van der Waals surface area contributed by atoms with Crippen molar-refractivity contribution in [3.05, 3.63) is 12.3 Å². The molecule has 0 aliphatic rings. The molecule has 0 aromatic rings. The molecular formula is C10H18N2O2. The number of amides is 2. The number of carbonyl (C=O) groups is 2. The first-order valence-electron chi connectivity index (χ1n) is 4.51. The molecule has 0 aliphatic heterocycles. The highest BCUT2D eigenvalue weighted by Crippen LogP contribution is 1.98. The van der Waals surface area contributed by atoms with Crippen LogP contribution in [0.5, 0.6) is 0 Å². The van der Waals surface area contributed by atoms with Crippen molar-refractivity contribution in [3.8, 4) is 0 Å². The van der Waals surface area contributed by atoms with Gasteiger partial charge in [0.1, 0.15) is 0 Å². The monoisotopic (exact) mass is 198 g/mol. The maximum Gasteiger partial charge on any atom is 0.223 e. The molecule has 14 heavy (non-hydrogen) atoms. The maximum atomic E-state index is 11.0. The Kier molecular flexibility index (Phi) is 4.91. The Morgan fingerprint density at radius 2 is 1.64 bits per heavy atom. The lowest BCUT2D eigenvalue weighted by molar-refractivity contribution is -0.128. The summed E-state index contributed by atoms with van der Waals surface area (Å²) in [6.45, 7) is 4.90. The van der Waals surface area contributed by atoms with Gasteiger partial charge in [-0.2, -0.15) is 0 Å². The van der Waals surface area contributed by atoms with Crippen molar-refractivity contribution in [3.63, 3.8) is 0 Å². The standard InChI is InChI=1S/C10H18N2O2/c1-8(12(5)10(3)14)6-7-11(4)9(2)13/h6-8H,1-5H3/b7-6+/t8-/m0/s1. The molecule has 1 atom stereocenters. The van der Waals surface area contributed by atoms with Crippen molar-refractivity contribution in [1.29, 1.82) is 0 Å². The molecule has 0 aliphatic carbocycles. The third-order valence-corrected chi connectivity index (χ3v) is 2.19. The summed E-state index contributed by atoms with van der Waals surface area (Å²) in [6.07, 6.45) is 3.48. The van der Waals surface area contributed by atoms with Crippen LogP contribution in [0.25, 0.3) is 0 Å². The number of likely N-dealkylation sites (N-methyl/N-ethyl adjacent to an activating group) is 1. The predicted molar refractivity (Wildman–Crippen MR) is 55.5 cm³/mol. The van der Waals surface area contributed by atoms with Gasteiger partial charge in [0.05, 0.1) is 0 Å². The molecule has 0 rings (SSSR count). The summed E-state index contributed by atoms with van der Waals surface area (Å²) in [5.74, 6) is -0.0217. The highest BCUT2D eigenvalue weighted by molar-refractivity contribution is 5.74. The molecule has 0 aromatic heterocycles. The van der Waals surface area contributed by atoms with Crippen molar-refractivity contribution in [2.75, 3.05) is 14.1 Å². The van der Waals surface area contributed by atoms with Crippen LogP contribution in [0.2, 0.25) is 0 Å². The fourth-order valence-electron chi connectivity index (χ4n) is 0.774. The number of hydrogen-bond acceptors (Lipinski definition) is 2. The van der Waals surface area contributed by atoms with Crippen LogP contribution in [-0.2, 0) is 9.59 Å². The highest BCUT2D eigenvalue weighted by Gasteiger charge is 2.08. The maximum absolute atomic E-state index is 11.0. The van der Waals surface area contributed by atoms with E-state index in [4.69, 9.17) is 0 Å². The van der Waals surface area contributed by atoms with Crippen molar-refractivity contribution in [1.82, 2.24) is 9.80 Å². The molecule has 0 saturated heterocycles. The lowest BCUT2D eigenvalue weighted by Gasteiger charge is -2.21. The van der Waals surface area contributed by atoms with E-state index >= 15 is 0 Å². The summed E-state index contributed by atoms with van der Waals surface area (Å²) in [5.41, 5.74) is 0. The van der Waals surface area contributed by atoms with E-state index in [0.29, 0.717) is 0 Å². The summed E-state index contributed by atoms with van der Waals surface area (Å²) in [4.78, 5) is 24.9. The van der Waals surface area contributed by atoms with Crippen LogP contribution < -0.4 is 0 Å². The summed E-state index contributed by atoms with van der Waals surface area (Å²) in [5, 5.41) is 0. The molecule has 4 heteroatoms. The number of nitrogens with zero attached hydrogens (tertiary/aromatic N) is 2. The molecule has 0 radical (unpaired) electrons. The first kappa shape index (κ1) is 12.7. The van der Waals surface area contributed by atoms with Gasteiger partial charge in [0.15, 0.2) is 0 Å². The first-order chi connectivity index (χ1) is 6.36. The van der Waals surface area contributed by atoms with E-state index in [1.165, 1.54) is 18.7 Å². The van der Waals surface area contributed by atoms with Gasteiger partial charge in [-0.3, -0.25) is 9.59 Å². The van der Waals surface area contributed by atoms with E-state index in [1.807, 2.05) is 13.0 Å². The Hall–Kier alpha value is -1.32. The lowest BCUT2D eigenvalue weighted by atomic mass is 10.3. The molecule has 0 bridgehead atoms. The van der Waals surface area contributed by atoms with Crippen LogP contribution in [0.4, 0.5) is 0 Å². The van der Waals surface area contributed by atoms with Crippen LogP contribution in [-0.4, -0.2) is 41.8 Å². The van der Waals surface area contributed by atoms with Gasteiger partial charge < -0.3 is 9.80 Å². The van der Waals surface area contributed by atoms with Gasteiger partial charge in [-0.05, 0) is 13.0 Å². The Balaban J connectivity index is 4.24. The fraction of sp³-hybridized carbons (Fsp3) is 0.600. The molecular weight excluding hydrogens is 180 g/mol. The summed E-state index contributed by atoms with van der Waals surface area (Å²) < 4.78 is 0. The van der Waals surface area contributed by atoms with Crippen molar-refractivity contribution in [2.45, 2.75) is 26.8 Å². The van der Waals surface area contributed by atoms with Gasteiger partial charge in [-0.1, -0.05) is 0 Å². The molecule has 0 aromatic carbocycles. The Morgan fingerprint density at radius 3 is 2.00 bits per heavy atom. The molecule has 0 heterocycles. The summed E-state index contributed by atoms with van der Waals surface area (Å²) in [6, 6.07) is -0.00528. The minimum Gasteiger partial charge on any atom is -0.340 e. The van der Waals surface area contributed by atoms with Crippen molar-refractivity contribution >= 4 is 11.8 Å². The smallest absolute Gasteiger partial charge is 0.223 e. The Bertz CT molecular complexity index is 249. The SMILES string of the molecule is CC(=O)N(C)/C=C/[C@H](C)N(C)C(C)=O. The molecule has 0 N–H and O–H groups in total. The van der Waals surface area contributed by atoms with Crippen molar-refractivity contribution < 1.29 is 9.59 Å². The van der Waals surface area contributed by atoms with Gasteiger partial charge in [0.25, 0.3) is 0 Å². The molecule has 4 nitrogen and oxygen atoms in total. The molecule has 2 amide bonds. The zero-order valence-electron chi connectivity index (χ0n) is 9.44. The molecule has 0 saturated carbocycles. The minimum absolute atomic E-state index is 0.00528. The van der Waals surface area contributed by atoms with Crippen LogP contribution in [0.1, 0.15) is 20.8 Å². The topological polar surface area (TPSA) is 40.6 Å². The third-order valence-electron chi connectivity index (χ3n) is 2.19. The molecule has 80 valence electrons. The van der Waals surface area contributed by atoms with Gasteiger partial charge in [-0.25, -0.2) is 0 Å². The van der Waals surface area contributed by atoms with Gasteiger partial charge in [0, 0.05) is 40.2 Å². The van der Waals surface area contributed by atoms with Crippen molar-refractivity contribution in [2.24, 2.45) is 0 Å². The average molecular weight is 198 g/mol. The van der Waals surface area contributed by atoms with Gasteiger partial charge in [-0.15, -0.1) is 0 Å². The molecule has 0 unspecified atom stereocenters. The Labute approximate surface area is 85.2 Å². The van der Waals surface area contributed by atoms with Crippen LogP contribution in [0.3, 0.4) is 0 Å². The average Bonchev–Trinajstić information content (AvgIpc) is 2.11. The number of rotatable bonds is 3. The third kappa shape index (κ3) is 4.07. The van der Waals surface area contributed by atoms with Gasteiger partial charge in [0.2, 0.25) is 11.8 Å². The molecule has 0 fully saturated rings. The summed E-state index contributed by atoms with van der Waals surface area (Å²) in [7, 11) is 3.41. The fourth-order valence-corrected chi connectivity index (χ4v) is 0.774. The first-order valence-corrected chi connectivity index (χ1v) is 4.51. The lowest BCUT2D eigenvalue weighted by Crippen LogP contribution is -2.32. The second kappa shape index (κ2) is 5.42. The zero-order chi connectivity index (χ0) is 11.3. The van der Waals surface area contributed by atoms with E-state index in [-0.39, 0.29) is 17.9 Å². The predicted octanol–water partition coefficient (Wildman–Crippen LogP) is 0.845. The van der Waals surface area contributed by atoms with E-state index in [2.05, 4.69) is 0 Å². The van der Waals surface area contributed by atoms with E-state index < -0.39 is 0 Å². The van der Waals surface area contributed by atoms with E-state index in [0.717, 1.165) is 0 Å². The minimum atomic E-state index is -0.0288. The number of carbonyl (C=O) groups excluding carboxylic acids is 2. The summed E-state index contributed by atoms with van der Waals surface area (Å²) >= 11 is 0. The quantitative estimate of drug-likeness (QED) is 0.674. The van der Waals surface area contributed by atoms with Crippen LogP contribution in [0.15, 0.2) is 12.3 Å². The highest BCUT2D eigenvalue weighted by atomic mass is 16.2. The van der Waals surface area contributed by atoms with E-state index in [9.17, 15) is 9.59 Å². The zero-order valence-corrected chi connectivity index (χ0v) is 9.44. The second-order valence-corrected chi connectivity index (χ2v) is 3.34. The largest absolute Gasteiger partial charge is 0.340 e. The number of hydrogen-bond donors (Lipinski definition) is 0. The Morgan fingerprint density at radius 1 is 1.14 bits per heavy atom. The van der Waals surface area contributed by atoms with Crippen LogP contribution in [0, 0.1) is 0 Å². The molecule has 0 spiro atoms. The van der Waals surface area contributed by atoms with Gasteiger partial charge >= 0.3 is 0 Å². The van der Waals surface area contributed by atoms with Crippen LogP contribution >= 0.6 is 0 Å². The second-order valence-electron chi connectivity index (χ2n) is 3.34.